The zero-order chi connectivity index (χ0) is 18.9. The van der Waals surface area contributed by atoms with Gasteiger partial charge in [-0.1, -0.05) is 83.1 Å². The summed E-state index contributed by atoms with van der Waals surface area (Å²) in [5.41, 5.74) is 3.10. The molecule has 0 heterocycles. The largest absolute Gasteiger partial charge is 0.0654 e. The predicted octanol–water partition coefficient (Wildman–Crippen LogP) is 8.37. The van der Waals surface area contributed by atoms with Gasteiger partial charge in [-0.15, -0.1) is 0 Å². The lowest BCUT2D eigenvalue weighted by molar-refractivity contribution is 0.142. The lowest BCUT2D eigenvalue weighted by atomic mass is 9.68. The van der Waals surface area contributed by atoms with E-state index in [4.69, 9.17) is 0 Å². The summed E-state index contributed by atoms with van der Waals surface area (Å²) in [6.45, 7) is 4.67. The van der Waals surface area contributed by atoms with E-state index in [1.165, 1.54) is 89.0 Å². The molecule has 0 radical (unpaired) electrons. The van der Waals surface area contributed by atoms with Crippen LogP contribution in [0.2, 0.25) is 0 Å². The van der Waals surface area contributed by atoms with Crippen molar-refractivity contribution in [1.29, 1.82) is 0 Å². The summed E-state index contributed by atoms with van der Waals surface area (Å²) in [6, 6.07) is 9.57. The normalized spacial score (nSPS) is 29.0. The highest BCUT2D eigenvalue weighted by Crippen LogP contribution is 2.42. The minimum atomic E-state index is 0.998. The standard InChI is InChI=1S/C27H44/c1-3-5-6-7-23-8-10-24(11-9-23)12-13-25-16-20-27(21-17-25)26-18-14-22(4-2)15-19-26/h8-11,22,25-27H,3-7,12-21H2,1-2H3. The van der Waals surface area contributed by atoms with Gasteiger partial charge in [0.05, 0.1) is 0 Å². The van der Waals surface area contributed by atoms with E-state index < -0.39 is 0 Å². The average Bonchev–Trinajstić information content (AvgIpc) is 2.74. The number of rotatable bonds is 9. The van der Waals surface area contributed by atoms with Crippen LogP contribution >= 0.6 is 0 Å². The monoisotopic (exact) mass is 368 g/mol. The highest BCUT2D eigenvalue weighted by molar-refractivity contribution is 5.22. The molecule has 0 unspecified atom stereocenters. The van der Waals surface area contributed by atoms with E-state index >= 15 is 0 Å². The molecule has 0 amide bonds. The molecule has 1 aromatic carbocycles. The van der Waals surface area contributed by atoms with Crippen molar-refractivity contribution in [3.05, 3.63) is 35.4 Å². The molecule has 1 aromatic rings. The Hall–Kier alpha value is -0.780. The molecule has 0 heteroatoms. The Morgan fingerprint density at radius 3 is 1.67 bits per heavy atom. The summed E-state index contributed by atoms with van der Waals surface area (Å²) in [4.78, 5) is 0. The summed E-state index contributed by atoms with van der Waals surface area (Å²) >= 11 is 0. The molecule has 2 saturated carbocycles. The van der Waals surface area contributed by atoms with Gasteiger partial charge in [-0.3, -0.25) is 0 Å². The van der Waals surface area contributed by atoms with Crippen molar-refractivity contribution in [2.24, 2.45) is 23.7 Å². The Morgan fingerprint density at radius 1 is 0.630 bits per heavy atom. The molecular weight excluding hydrogens is 324 g/mol. The molecule has 2 aliphatic carbocycles. The van der Waals surface area contributed by atoms with E-state index in [0.29, 0.717) is 0 Å². The van der Waals surface area contributed by atoms with Crippen LogP contribution in [0.5, 0.6) is 0 Å². The summed E-state index contributed by atoms with van der Waals surface area (Å²) < 4.78 is 0. The Balaban J connectivity index is 1.33. The van der Waals surface area contributed by atoms with Crippen LogP contribution in [0, 0.1) is 23.7 Å². The zero-order valence-electron chi connectivity index (χ0n) is 18.2. The molecule has 3 rings (SSSR count). The number of benzene rings is 1. The van der Waals surface area contributed by atoms with Gasteiger partial charge in [-0.25, -0.2) is 0 Å². The first-order chi connectivity index (χ1) is 13.3. The minimum absolute atomic E-state index is 0.998. The van der Waals surface area contributed by atoms with Crippen LogP contribution in [0.3, 0.4) is 0 Å². The van der Waals surface area contributed by atoms with Gasteiger partial charge in [0.1, 0.15) is 0 Å². The van der Waals surface area contributed by atoms with Gasteiger partial charge >= 0.3 is 0 Å². The Morgan fingerprint density at radius 2 is 1.15 bits per heavy atom. The second-order valence-corrected chi connectivity index (χ2v) is 9.78. The summed E-state index contributed by atoms with van der Waals surface area (Å²) in [5, 5.41) is 0. The van der Waals surface area contributed by atoms with Crippen LogP contribution in [-0.2, 0) is 12.8 Å². The summed E-state index contributed by atoms with van der Waals surface area (Å²) in [6.07, 6.45) is 21.6. The van der Waals surface area contributed by atoms with Crippen LogP contribution in [0.25, 0.3) is 0 Å². The van der Waals surface area contributed by atoms with Crippen molar-refractivity contribution in [1.82, 2.24) is 0 Å². The van der Waals surface area contributed by atoms with Gasteiger partial charge < -0.3 is 0 Å². The van der Waals surface area contributed by atoms with Gasteiger partial charge in [0.2, 0.25) is 0 Å². The lowest BCUT2D eigenvalue weighted by Gasteiger charge is -2.37. The molecule has 2 aliphatic rings. The van der Waals surface area contributed by atoms with E-state index in [1.54, 1.807) is 18.4 Å². The second-order valence-electron chi connectivity index (χ2n) is 9.78. The quantitative estimate of drug-likeness (QED) is 0.384. The smallest absolute Gasteiger partial charge is 0.0276 e. The van der Waals surface area contributed by atoms with E-state index in [9.17, 15) is 0 Å². The van der Waals surface area contributed by atoms with Gasteiger partial charge in [-0.2, -0.15) is 0 Å². The first-order valence-electron chi connectivity index (χ1n) is 12.4. The first kappa shape index (κ1) is 20.9. The molecule has 0 aromatic heterocycles. The fraction of sp³-hybridized carbons (Fsp3) is 0.778. The second kappa shape index (κ2) is 11.3. The number of hydrogen-bond donors (Lipinski definition) is 0. The Bertz CT molecular complexity index is 497. The summed E-state index contributed by atoms with van der Waals surface area (Å²) in [5.74, 6) is 4.20. The molecule has 0 N–H and O–H groups in total. The lowest BCUT2D eigenvalue weighted by Crippen LogP contribution is -2.25. The Labute approximate surface area is 169 Å². The van der Waals surface area contributed by atoms with E-state index in [2.05, 4.69) is 38.1 Å². The summed E-state index contributed by atoms with van der Waals surface area (Å²) in [7, 11) is 0. The van der Waals surface area contributed by atoms with Crippen LogP contribution in [0.1, 0.15) is 108 Å². The third-order valence-electron chi connectivity index (χ3n) is 7.96. The molecule has 0 saturated heterocycles. The molecule has 0 bridgehead atoms. The van der Waals surface area contributed by atoms with Crippen molar-refractivity contribution in [2.45, 2.75) is 110 Å². The topological polar surface area (TPSA) is 0 Å². The van der Waals surface area contributed by atoms with E-state index in [0.717, 1.165) is 23.7 Å². The van der Waals surface area contributed by atoms with Crippen molar-refractivity contribution < 1.29 is 0 Å². The maximum Gasteiger partial charge on any atom is -0.0276 e. The molecule has 0 nitrogen and oxygen atoms in total. The van der Waals surface area contributed by atoms with Crippen molar-refractivity contribution in [2.75, 3.05) is 0 Å². The van der Waals surface area contributed by atoms with E-state index in [1.807, 2.05) is 0 Å². The van der Waals surface area contributed by atoms with E-state index in [-0.39, 0.29) is 0 Å². The van der Waals surface area contributed by atoms with Crippen molar-refractivity contribution in [3.8, 4) is 0 Å². The minimum Gasteiger partial charge on any atom is -0.0654 e. The van der Waals surface area contributed by atoms with Crippen LogP contribution in [0.4, 0.5) is 0 Å². The fourth-order valence-corrected chi connectivity index (χ4v) is 5.84. The third kappa shape index (κ3) is 6.65. The number of aryl methyl sites for hydroxylation is 2. The van der Waals surface area contributed by atoms with Gasteiger partial charge in [0.15, 0.2) is 0 Å². The van der Waals surface area contributed by atoms with Crippen LogP contribution in [-0.4, -0.2) is 0 Å². The number of hydrogen-bond acceptors (Lipinski definition) is 0. The van der Waals surface area contributed by atoms with Gasteiger partial charge in [-0.05, 0) is 86.2 Å². The van der Waals surface area contributed by atoms with Crippen molar-refractivity contribution in [3.63, 3.8) is 0 Å². The average molecular weight is 369 g/mol. The van der Waals surface area contributed by atoms with Crippen molar-refractivity contribution >= 4 is 0 Å². The zero-order valence-corrected chi connectivity index (χ0v) is 18.2. The molecule has 0 spiro atoms. The predicted molar refractivity (Wildman–Crippen MR) is 119 cm³/mol. The molecule has 0 aliphatic heterocycles. The maximum absolute atomic E-state index is 2.40. The molecule has 0 atom stereocenters. The molecule has 27 heavy (non-hydrogen) atoms. The van der Waals surface area contributed by atoms with Gasteiger partial charge in [0, 0.05) is 0 Å². The highest BCUT2D eigenvalue weighted by atomic mass is 14.4. The molecule has 2 fully saturated rings. The first-order valence-corrected chi connectivity index (χ1v) is 12.4. The molecular formula is C27H44. The fourth-order valence-electron chi connectivity index (χ4n) is 5.84. The van der Waals surface area contributed by atoms with Crippen LogP contribution < -0.4 is 0 Å². The molecule has 152 valence electrons. The van der Waals surface area contributed by atoms with Crippen LogP contribution in [0.15, 0.2) is 24.3 Å². The maximum atomic E-state index is 2.40. The SMILES string of the molecule is CCCCCc1ccc(CCC2CCC(C3CCC(CC)CC3)CC2)cc1. The Kier molecular flexibility index (Phi) is 8.75. The number of unbranched alkanes of at least 4 members (excludes halogenated alkanes) is 2. The highest BCUT2D eigenvalue weighted by Gasteiger charge is 2.30. The van der Waals surface area contributed by atoms with Gasteiger partial charge in [0.25, 0.3) is 0 Å². The third-order valence-corrected chi connectivity index (χ3v) is 7.96.